The molecule has 0 saturated heterocycles. The molecular formula is C11H13P. The molecule has 1 rings (SSSR count). The Bertz CT molecular complexity index is 311. The summed E-state index contributed by atoms with van der Waals surface area (Å²) in [7, 11) is 2.56. The molecule has 0 N–H and O–H groups in total. The van der Waals surface area contributed by atoms with Gasteiger partial charge in [0.15, 0.2) is 0 Å². The average molecular weight is 176 g/mol. The van der Waals surface area contributed by atoms with Crippen LogP contribution in [0.5, 0.6) is 0 Å². The van der Waals surface area contributed by atoms with E-state index in [4.69, 9.17) is 0 Å². The molecule has 0 amide bonds. The van der Waals surface area contributed by atoms with Gasteiger partial charge in [-0.25, -0.2) is 0 Å². The van der Waals surface area contributed by atoms with Crippen molar-refractivity contribution in [1.29, 1.82) is 0 Å². The van der Waals surface area contributed by atoms with Crippen LogP contribution in [0.3, 0.4) is 0 Å². The van der Waals surface area contributed by atoms with Crippen molar-refractivity contribution in [2.45, 2.75) is 6.92 Å². The van der Waals surface area contributed by atoms with Crippen molar-refractivity contribution in [3.8, 4) is 0 Å². The lowest BCUT2D eigenvalue weighted by atomic mass is 10.1. The molecule has 0 fully saturated rings. The van der Waals surface area contributed by atoms with Gasteiger partial charge >= 0.3 is 0 Å². The van der Waals surface area contributed by atoms with Crippen molar-refractivity contribution < 1.29 is 0 Å². The van der Waals surface area contributed by atoms with Gasteiger partial charge < -0.3 is 0 Å². The maximum atomic E-state index is 3.78. The quantitative estimate of drug-likeness (QED) is 0.478. The number of hydrogen-bond donors (Lipinski definition) is 0. The molecule has 0 aliphatic heterocycles. The Morgan fingerprint density at radius 2 is 2.08 bits per heavy atom. The van der Waals surface area contributed by atoms with Crippen LogP contribution < -0.4 is 0 Å². The van der Waals surface area contributed by atoms with Crippen LogP contribution in [0.2, 0.25) is 0 Å². The molecule has 0 aliphatic rings. The summed E-state index contributed by atoms with van der Waals surface area (Å²) in [4.78, 5) is 0. The Morgan fingerprint density at radius 3 is 2.67 bits per heavy atom. The topological polar surface area (TPSA) is 0 Å². The summed E-state index contributed by atoms with van der Waals surface area (Å²) in [5, 5.41) is 0.998. The zero-order chi connectivity index (χ0) is 8.97. The van der Waals surface area contributed by atoms with Crippen LogP contribution in [0.4, 0.5) is 0 Å². The van der Waals surface area contributed by atoms with Gasteiger partial charge in [-0.1, -0.05) is 43.0 Å². The van der Waals surface area contributed by atoms with E-state index in [1.165, 1.54) is 11.1 Å². The number of hydrogen-bond acceptors (Lipinski definition) is 0. The van der Waals surface area contributed by atoms with Crippen molar-refractivity contribution in [3.05, 3.63) is 53.4 Å². The molecular weight excluding hydrogens is 163 g/mol. The van der Waals surface area contributed by atoms with Crippen LogP contribution in [0.25, 0.3) is 6.08 Å². The zero-order valence-corrected chi connectivity index (χ0v) is 8.40. The third-order valence-corrected chi connectivity index (χ3v) is 1.86. The van der Waals surface area contributed by atoms with Gasteiger partial charge in [-0.05, 0) is 23.4 Å². The molecule has 0 aliphatic carbocycles. The van der Waals surface area contributed by atoms with E-state index in [1.54, 1.807) is 0 Å². The van der Waals surface area contributed by atoms with Gasteiger partial charge in [-0.3, -0.25) is 0 Å². The lowest BCUT2D eigenvalue weighted by Gasteiger charge is -1.97. The molecule has 1 atom stereocenters. The molecule has 0 nitrogen and oxygen atoms in total. The minimum absolute atomic E-state index is 0.998. The van der Waals surface area contributed by atoms with Crippen LogP contribution in [0.15, 0.2) is 42.2 Å². The van der Waals surface area contributed by atoms with Gasteiger partial charge in [-0.2, -0.15) is 0 Å². The monoisotopic (exact) mass is 176 g/mol. The van der Waals surface area contributed by atoms with Crippen LogP contribution in [0.1, 0.15) is 11.1 Å². The minimum Gasteiger partial charge on any atom is -0.106 e. The van der Waals surface area contributed by atoms with Gasteiger partial charge in [0, 0.05) is 0 Å². The molecule has 0 radical (unpaired) electrons. The number of aryl methyl sites for hydroxylation is 1. The van der Waals surface area contributed by atoms with Gasteiger partial charge in [-0.15, -0.1) is 9.24 Å². The fourth-order valence-electron chi connectivity index (χ4n) is 0.971. The van der Waals surface area contributed by atoms with Crippen LogP contribution >= 0.6 is 9.24 Å². The Morgan fingerprint density at radius 1 is 1.42 bits per heavy atom. The first kappa shape index (κ1) is 9.22. The first-order valence-electron chi connectivity index (χ1n) is 3.88. The summed E-state index contributed by atoms with van der Waals surface area (Å²) < 4.78 is 0. The van der Waals surface area contributed by atoms with Crippen molar-refractivity contribution >= 4 is 15.3 Å². The highest BCUT2D eigenvalue weighted by molar-refractivity contribution is 7.22. The SMILES string of the molecule is C=C(P)/C=C\c1ccccc1C. The van der Waals surface area contributed by atoms with Crippen molar-refractivity contribution in [1.82, 2.24) is 0 Å². The van der Waals surface area contributed by atoms with E-state index in [2.05, 4.69) is 41.0 Å². The van der Waals surface area contributed by atoms with Crippen molar-refractivity contribution in [3.63, 3.8) is 0 Å². The highest BCUT2D eigenvalue weighted by Gasteiger charge is 1.89. The molecule has 0 saturated carbocycles. The first-order valence-corrected chi connectivity index (χ1v) is 4.46. The fraction of sp³-hybridized carbons (Fsp3) is 0.0909. The molecule has 1 heteroatoms. The standard InChI is InChI=1S/C11H13P/c1-9-5-3-4-6-11(9)8-7-10(2)12/h3-8H,2,12H2,1H3/b8-7-. The summed E-state index contributed by atoms with van der Waals surface area (Å²) in [6.45, 7) is 5.88. The van der Waals surface area contributed by atoms with E-state index >= 15 is 0 Å². The molecule has 1 unspecified atom stereocenters. The third kappa shape index (κ3) is 2.64. The van der Waals surface area contributed by atoms with E-state index in [1.807, 2.05) is 18.2 Å². The summed E-state index contributed by atoms with van der Waals surface area (Å²) in [5.41, 5.74) is 2.54. The number of allylic oxidation sites excluding steroid dienone is 2. The smallest absolute Gasteiger partial charge is 0.0227 e. The predicted octanol–water partition coefficient (Wildman–Crippen LogP) is 3.40. The van der Waals surface area contributed by atoms with E-state index in [0.717, 1.165) is 5.31 Å². The molecule has 0 heterocycles. The van der Waals surface area contributed by atoms with Crippen LogP contribution in [-0.4, -0.2) is 0 Å². The lowest BCUT2D eigenvalue weighted by Crippen LogP contribution is -1.77. The van der Waals surface area contributed by atoms with Crippen molar-refractivity contribution in [2.24, 2.45) is 0 Å². The third-order valence-electron chi connectivity index (χ3n) is 1.67. The summed E-state index contributed by atoms with van der Waals surface area (Å²) in [5.74, 6) is 0. The second-order valence-electron chi connectivity index (χ2n) is 2.76. The molecule has 1 aromatic carbocycles. The number of benzene rings is 1. The first-order chi connectivity index (χ1) is 5.70. The minimum atomic E-state index is 0.998. The van der Waals surface area contributed by atoms with Crippen LogP contribution in [-0.2, 0) is 0 Å². The van der Waals surface area contributed by atoms with E-state index < -0.39 is 0 Å². The summed E-state index contributed by atoms with van der Waals surface area (Å²) in [6, 6.07) is 8.28. The average Bonchev–Trinajstić information content (AvgIpc) is 2.03. The van der Waals surface area contributed by atoms with Gasteiger partial charge in [0.05, 0.1) is 0 Å². The Balaban J connectivity index is 2.89. The largest absolute Gasteiger partial charge is 0.106 e. The maximum Gasteiger partial charge on any atom is -0.0227 e. The van der Waals surface area contributed by atoms with E-state index in [9.17, 15) is 0 Å². The predicted molar refractivity (Wildman–Crippen MR) is 59.1 cm³/mol. The summed E-state index contributed by atoms with van der Waals surface area (Å²) in [6.07, 6.45) is 4.07. The highest BCUT2D eigenvalue weighted by atomic mass is 31.0. The fourth-order valence-corrected chi connectivity index (χ4v) is 1.07. The molecule has 0 spiro atoms. The molecule has 1 aromatic rings. The summed E-state index contributed by atoms with van der Waals surface area (Å²) >= 11 is 0. The molecule has 12 heavy (non-hydrogen) atoms. The molecule has 0 bridgehead atoms. The number of rotatable bonds is 2. The second-order valence-corrected chi connectivity index (χ2v) is 3.51. The van der Waals surface area contributed by atoms with E-state index in [-0.39, 0.29) is 0 Å². The van der Waals surface area contributed by atoms with E-state index in [0.29, 0.717) is 0 Å². The maximum absolute atomic E-state index is 3.78. The van der Waals surface area contributed by atoms with Crippen molar-refractivity contribution in [2.75, 3.05) is 0 Å². The van der Waals surface area contributed by atoms with Gasteiger partial charge in [0.1, 0.15) is 0 Å². The molecule has 62 valence electrons. The van der Waals surface area contributed by atoms with Gasteiger partial charge in [0.25, 0.3) is 0 Å². The van der Waals surface area contributed by atoms with Crippen LogP contribution in [0, 0.1) is 6.92 Å². The normalized spacial score (nSPS) is 10.5. The Kier molecular flexibility index (Phi) is 3.25. The molecule has 0 aromatic heterocycles. The van der Waals surface area contributed by atoms with Gasteiger partial charge in [0.2, 0.25) is 0 Å². The second kappa shape index (κ2) is 4.23. The Hall–Kier alpha value is -0.870. The lowest BCUT2D eigenvalue weighted by molar-refractivity contribution is 1.44. The zero-order valence-electron chi connectivity index (χ0n) is 7.25. The Labute approximate surface area is 76.2 Å². The highest BCUT2D eigenvalue weighted by Crippen LogP contribution is 2.11.